The van der Waals surface area contributed by atoms with Crippen LogP contribution < -0.4 is 14.8 Å². The van der Waals surface area contributed by atoms with E-state index in [1.54, 1.807) is 7.11 Å². The number of rotatable bonds is 11. The first kappa shape index (κ1) is 27.8. The van der Waals surface area contributed by atoms with Gasteiger partial charge in [0.25, 0.3) is 0 Å². The number of hydrogen-bond acceptors (Lipinski definition) is 5. The molecule has 0 radical (unpaired) electrons. The fourth-order valence-electron chi connectivity index (χ4n) is 5.16. The van der Waals surface area contributed by atoms with Crippen LogP contribution in [-0.4, -0.2) is 25.4 Å². The van der Waals surface area contributed by atoms with Crippen LogP contribution >= 0.6 is 0 Å². The summed E-state index contributed by atoms with van der Waals surface area (Å²) in [5.74, 6) is 1.69. The highest BCUT2D eigenvalue weighted by Gasteiger charge is 2.45. The Kier molecular flexibility index (Phi) is 8.73. The third-order valence-electron chi connectivity index (χ3n) is 7.52. The summed E-state index contributed by atoms with van der Waals surface area (Å²) in [5.41, 5.74) is 6.23. The van der Waals surface area contributed by atoms with Crippen molar-refractivity contribution in [3.05, 3.63) is 125 Å². The topological polar surface area (TPSA) is 49.0 Å². The molecule has 0 aliphatic carbocycles. The number of hydrogen-bond donors (Lipinski definition) is 1. The molecule has 4 aromatic rings. The second kappa shape index (κ2) is 12.6. The molecular formula is C35H39NO4. The van der Waals surface area contributed by atoms with Gasteiger partial charge in [-0.3, -0.25) is 0 Å². The summed E-state index contributed by atoms with van der Waals surface area (Å²) in [6, 6.07) is 33.1. The van der Waals surface area contributed by atoms with Gasteiger partial charge < -0.3 is 24.3 Å². The van der Waals surface area contributed by atoms with Crippen molar-refractivity contribution in [3.8, 4) is 11.5 Å². The van der Waals surface area contributed by atoms with Gasteiger partial charge in [0.05, 0.1) is 20.3 Å². The number of fused-ring (bicyclic) bond motifs is 1. The number of aryl methyl sites for hydroxylation is 1. The van der Waals surface area contributed by atoms with E-state index in [0.717, 1.165) is 29.2 Å². The number of nitrogens with one attached hydrogen (secondary N) is 1. The first-order valence-corrected chi connectivity index (χ1v) is 13.9. The molecule has 0 aromatic heterocycles. The maximum Gasteiger partial charge on any atom is 0.132 e. The molecule has 1 N–H and O–H groups in total. The minimum absolute atomic E-state index is 0.283. The summed E-state index contributed by atoms with van der Waals surface area (Å²) >= 11 is 0. The van der Waals surface area contributed by atoms with Gasteiger partial charge in [0.1, 0.15) is 29.3 Å². The van der Waals surface area contributed by atoms with Gasteiger partial charge in [0.2, 0.25) is 0 Å². The van der Waals surface area contributed by atoms with Crippen molar-refractivity contribution in [3.63, 3.8) is 0 Å². The van der Waals surface area contributed by atoms with Crippen LogP contribution in [0.15, 0.2) is 97.1 Å². The molecule has 4 aromatic carbocycles. The van der Waals surface area contributed by atoms with Gasteiger partial charge in [-0.2, -0.15) is 0 Å². The Balaban J connectivity index is 1.38. The van der Waals surface area contributed by atoms with Crippen LogP contribution in [0.2, 0.25) is 0 Å². The molecule has 208 valence electrons. The standard InChI is InChI=1S/C35H39NO4/c1-25-10-8-9-13-28(25)24-39-34-33(38-21-20-26-11-6-5-7-12-26)31-22-29(16-19-32(31)40-35(34,2)3)36-23-27-14-17-30(37-4)18-15-27/h5-19,22,33-34,36H,20-21,23-24H2,1-4H3. The van der Waals surface area contributed by atoms with Gasteiger partial charge >= 0.3 is 0 Å². The predicted molar refractivity (Wildman–Crippen MR) is 160 cm³/mol. The fourth-order valence-corrected chi connectivity index (χ4v) is 5.16. The Morgan fingerprint density at radius 3 is 2.33 bits per heavy atom. The van der Waals surface area contributed by atoms with Crippen molar-refractivity contribution >= 4 is 5.69 Å². The molecule has 0 amide bonds. The first-order chi connectivity index (χ1) is 19.4. The van der Waals surface area contributed by atoms with Crippen molar-refractivity contribution in [2.75, 3.05) is 19.0 Å². The summed E-state index contributed by atoms with van der Waals surface area (Å²) in [6.07, 6.45) is 0.245. The molecular weight excluding hydrogens is 498 g/mol. The molecule has 0 bridgehead atoms. The largest absolute Gasteiger partial charge is 0.497 e. The molecule has 1 heterocycles. The Hall–Kier alpha value is -3.80. The van der Waals surface area contributed by atoms with Crippen LogP contribution in [0.1, 0.15) is 47.8 Å². The lowest BCUT2D eigenvalue weighted by Crippen LogP contribution is -2.51. The van der Waals surface area contributed by atoms with Gasteiger partial charge in [0, 0.05) is 17.8 Å². The van der Waals surface area contributed by atoms with E-state index in [0.29, 0.717) is 19.8 Å². The number of benzene rings is 4. The van der Waals surface area contributed by atoms with Gasteiger partial charge in [-0.05, 0) is 79.8 Å². The molecule has 0 fully saturated rings. The van der Waals surface area contributed by atoms with Crippen LogP contribution in [0, 0.1) is 6.92 Å². The van der Waals surface area contributed by atoms with E-state index < -0.39 is 5.60 Å². The zero-order chi connectivity index (χ0) is 28.0. The summed E-state index contributed by atoms with van der Waals surface area (Å²) in [7, 11) is 1.68. The quantitative estimate of drug-likeness (QED) is 0.213. The molecule has 2 atom stereocenters. The van der Waals surface area contributed by atoms with E-state index in [1.807, 2.05) is 24.3 Å². The first-order valence-electron chi connectivity index (χ1n) is 13.9. The Morgan fingerprint density at radius 2 is 1.57 bits per heavy atom. The predicted octanol–water partition coefficient (Wildman–Crippen LogP) is 7.67. The molecule has 0 saturated carbocycles. The summed E-state index contributed by atoms with van der Waals surface area (Å²) in [4.78, 5) is 0. The maximum atomic E-state index is 6.68. The third kappa shape index (κ3) is 6.67. The maximum absolute atomic E-state index is 6.68. The molecule has 40 heavy (non-hydrogen) atoms. The average molecular weight is 538 g/mol. The van der Waals surface area contributed by atoms with E-state index in [1.165, 1.54) is 22.3 Å². The zero-order valence-electron chi connectivity index (χ0n) is 23.9. The second-order valence-electron chi connectivity index (χ2n) is 10.8. The highest BCUT2D eigenvalue weighted by atomic mass is 16.6. The summed E-state index contributed by atoms with van der Waals surface area (Å²) in [6.45, 7) is 8.06. The molecule has 0 spiro atoms. The van der Waals surface area contributed by atoms with Gasteiger partial charge in [0.15, 0.2) is 0 Å². The van der Waals surface area contributed by atoms with Crippen molar-refractivity contribution in [1.29, 1.82) is 0 Å². The molecule has 5 nitrogen and oxygen atoms in total. The van der Waals surface area contributed by atoms with Gasteiger partial charge in [-0.25, -0.2) is 0 Å². The van der Waals surface area contributed by atoms with E-state index in [2.05, 4.69) is 98.9 Å². The zero-order valence-corrected chi connectivity index (χ0v) is 23.9. The lowest BCUT2D eigenvalue weighted by molar-refractivity contribution is -0.167. The second-order valence-corrected chi connectivity index (χ2v) is 10.8. The van der Waals surface area contributed by atoms with Crippen molar-refractivity contribution in [2.24, 2.45) is 0 Å². The minimum Gasteiger partial charge on any atom is -0.497 e. The average Bonchev–Trinajstić information content (AvgIpc) is 2.97. The fraction of sp³-hybridized carbons (Fsp3) is 0.314. The Morgan fingerprint density at radius 1 is 0.825 bits per heavy atom. The molecule has 5 rings (SSSR count). The van der Waals surface area contributed by atoms with Crippen LogP contribution in [0.25, 0.3) is 0 Å². The molecule has 2 unspecified atom stereocenters. The van der Waals surface area contributed by atoms with Crippen LogP contribution in [0.4, 0.5) is 5.69 Å². The smallest absolute Gasteiger partial charge is 0.132 e. The molecule has 0 saturated heterocycles. The van der Waals surface area contributed by atoms with Crippen molar-refractivity contribution in [1.82, 2.24) is 0 Å². The van der Waals surface area contributed by atoms with E-state index in [-0.39, 0.29) is 12.2 Å². The van der Waals surface area contributed by atoms with Gasteiger partial charge in [-0.1, -0.05) is 66.7 Å². The number of ether oxygens (including phenoxy) is 4. The number of methoxy groups -OCH3 is 1. The lowest BCUT2D eigenvalue weighted by Gasteiger charge is -2.44. The van der Waals surface area contributed by atoms with Crippen LogP contribution in [0.3, 0.4) is 0 Å². The van der Waals surface area contributed by atoms with Crippen molar-refractivity contribution in [2.45, 2.75) is 58.2 Å². The summed E-state index contributed by atoms with van der Waals surface area (Å²) < 4.78 is 25.2. The highest BCUT2D eigenvalue weighted by Crippen LogP contribution is 2.44. The van der Waals surface area contributed by atoms with Crippen LogP contribution in [0.5, 0.6) is 11.5 Å². The normalized spacial score (nSPS) is 17.5. The summed E-state index contributed by atoms with van der Waals surface area (Å²) in [5, 5.41) is 3.56. The Bertz CT molecular complexity index is 1380. The van der Waals surface area contributed by atoms with E-state index >= 15 is 0 Å². The van der Waals surface area contributed by atoms with E-state index in [9.17, 15) is 0 Å². The molecule has 1 aliphatic heterocycles. The Labute approximate surface area is 238 Å². The minimum atomic E-state index is -0.578. The van der Waals surface area contributed by atoms with Crippen LogP contribution in [-0.2, 0) is 29.0 Å². The monoisotopic (exact) mass is 537 g/mol. The third-order valence-corrected chi connectivity index (χ3v) is 7.52. The number of anilines is 1. The van der Waals surface area contributed by atoms with E-state index in [4.69, 9.17) is 18.9 Å². The molecule has 5 heteroatoms. The lowest BCUT2D eigenvalue weighted by atomic mass is 9.87. The van der Waals surface area contributed by atoms with Gasteiger partial charge in [-0.15, -0.1) is 0 Å². The van der Waals surface area contributed by atoms with Crippen molar-refractivity contribution < 1.29 is 18.9 Å². The highest BCUT2D eigenvalue weighted by molar-refractivity contribution is 5.54. The molecule has 1 aliphatic rings. The SMILES string of the molecule is COc1ccc(CNc2ccc3c(c2)C(OCCc2ccccc2)C(OCc2ccccc2C)C(C)(C)O3)cc1.